The van der Waals surface area contributed by atoms with Crippen molar-refractivity contribution in [1.29, 1.82) is 0 Å². The van der Waals surface area contributed by atoms with Crippen LogP contribution in [0.4, 0.5) is 21.7 Å². The molecule has 112 valence electrons. The average molecular weight is 309 g/mol. The van der Waals surface area contributed by atoms with E-state index in [0.717, 1.165) is 0 Å². The quantitative estimate of drug-likeness (QED) is 0.885. The zero-order valence-corrected chi connectivity index (χ0v) is 13.2. The summed E-state index contributed by atoms with van der Waals surface area (Å²) in [6, 6.07) is 6.23. The molecule has 0 radical (unpaired) electrons. The van der Waals surface area contributed by atoms with E-state index in [0.29, 0.717) is 22.5 Å². The molecule has 0 aliphatic rings. The minimum absolute atomic E-state index is 0.208. The maximum atomic E-state index is 13.8. The van der Waals surface area contributed by atoms with Gasteiger partial charge in [-0.05, 0) is 12.1 Å². The van der Waals surface area contributed by atoms with Crippen LogP contribution in [0.2, 0.25) is 5.02 Å². The fraction of sp³-hybridized carbons (Fsp3) is 0.333. The molecule has 2 rings (SSSR count). The molecule has 1 aromatic heterocycles. The summed E-state index contributed by atoms with van der Waals surface area (Å²) in [5.41, 5.74) is -0.0118. The maximum Gasteiger partial charge on any atom is 0.148 e. The number of halogens is 2. The van der Waals surface area contributed by atoms with E-state index in [2.05, 4.69) is 20.6 Å². The summed E-state index contributed by atoms with van der Waals surface area (Å²) in [6.07, 6.45) is 0. The summed E-state index contributed by atoms with van der Waals surface area (Å²) >= 11 is 6.02. The normalized spacial score (nSPS) is 11.3. The molecule has 0 spiro atoms. The molecule has 0 saturated carbocycles. The molecule has 0 aliphatic carbocycles. The number of benzene rings is 1. The number of rotatable bonds is 3. The molecule has 0 bridgehead atoms. The molecular weight excluding hydrogens is 291 g/mol. The first-order valence-corrected chi connectivity index (χ1v) is 6.97. The van der Waals surface area contributed by atoms with Gasteiger partial charge in [0.1, 0.15) is 23.3 Å². The van der Waals surface area contributed by atoms with Crippen LogP contribution in [0.15, 0.2) is 24.3 Å². The molecule has 1 aromatic carbocycles. The Labute approximate surface area is 128 Å². The molecule has 21 heavy (non-hydrogen) atoms. The highest BCUT2D eigenvalue weighted by molar-refractivity contribution is 6.33. The highest BCUT2D eigenvalue weighted by Gasteiger charge is 2.19. The van der Waals surface area contributed by atoms with E-state index in [1.807, 2.05) is 20.8 Å². The first-order chi connectivity index (χ1) is 9.81. The van der Waals surface area contributed by atoms with Crippen LogP contribution in [-0.4, -0.2) is 17.0 Å². The van der Waals surface area contributed by atoms with Crippen LogP contribution in [0.25, 0.3) is 0 Å². The minimum Gasteiger partial charge on any atom is -0.373 e. The topological polar surface area (TPSA) is 49.8 Å². The van der Waals surface area contributed by atoms with E-state index in [-0.39, 0.29) is 11.1 Å². The lowest BCUT2D eigenvalue weighted by Gasteiger charge is -2.19. The van der Waals surface area contributed by atoms with Gasteiger partial charge in [-0.1, -0.05) is 38.4 Å². The van der Waals surface area contributed by atoms with Crippen molar-refractivity contribution in [3.8, 4) is 0 Å². The third-order valence-corrected chi connectivity index (χ3v) is 3.18. The molecule has 0 fully saturated rings. The molecule has 0 saturated heterocycles. The van der Waals surface area contributed by atoms with Crippen molar-refractivity contribution >= 4 is 28.9 Å². The Balaban J connectivity index is 2.45. The van der Waals surface area contributed by atoms with Gasteiger partial charge in [-0.2, -0.15) is 0 Å². The Hall–Kier alpha value is -1.88. The predicted molar refractivity (Wildman–Crippen MR) is 85.0 cm³/mol. The predicted octanol–water partition coefficient (Wildman–Crippen LogP) is 4.35. The van der Waals surface area contributed by atoms with E-state index >= 15 is 0 Å². The Kier molecular flexibility index (Phi) is 4.32. The van der Waals surface area contributed by atoms with Gasteiger partial charge in [-0.15, -0.1) is 0 Å². The van der Waals surface area contributed by atoms with Crippen molar-refractivity contribution in [2.24, 2.45) is 0 Å². The Bertz CT molecular complexity index is 632. The summed E-state index contributed by atoms with van der Waals surface area (Å²) < 4.78 is 13.8. The van der Waals surface area contributed by atoms with Crippen molar-refractivity contribution in [2.45, 2.75) is 26.2 Å². The van der Waals surface area contributed by atoms with Crippen LogP contribution in [-0.2, 0) is 5.41 Å². The minimum atomic E-state index is -0.426. The lowest BCUT2D eigenvalue weighted by atomic mass is 9.96. The molecule has 0 atom stereocenters. The summed E-state index contributed by atoms with van der Waals surface area (Å²) in [5, 5.41) is 6.21. The van der Waals surface area contributed by atoms with E-state index in [9.17, 15) is 4.39 Å². The molecule has 4 nitrogen and oxygen atoms in total. The third-order valence-electron chi connectivity index (χ3n) is 2.87. The van der Waals surface area contributed by atoms with Gasteiger partial charge in [0.15, 0.2) is 0 Å². The summed E-state index contributed by atoms with van der Waals surface area (Å²) in [6.45, 7) is 6.05. The molecule has 0 amide bonds. The second-order valence-corrected chi connectivity index (χ2v) is 6.09. The van der Waals surface area contributed by atoms with Gasteiger partial charge in [-0.3, -0.25) is 0 Å². The number of nitrogens with zero attached hydrogens (tertiary/aromatic N) is 2. The van der Waals surface area contributed by atoms with Gasteiger partial charge in [-0.25, -0.2) is 14.4 Å². The number of hydrogen-bond acceptors (Lipinski definition) is 4. The fourth-order valence-electron chi connectivity index (χ4n) is 1.72. The Morgan fingerprint density at radius 1 is 1.14 bits per heavy atom. The van der Waals surface area contributed by atoms with Crippen LogP contribution in [0, 0.1) is 5.82 Å². The van der Waals surface area contributed by atoms with Crippen LogP contribution < -0.4 is 10.6 Å². The van der Waals surface area contributed by atoms with Crippen molar-refractivity contribution < 1.29 is 4.39 Å². The summed E-state index contributed by atoms with van der Waals surface area (Å²) in [5.74, 6) is 1.38. The first-order valence-electron chi connectivity index (χ1n) is 6.59. The number of aromatic nitrogens is 2. The number of nitrogens with one attached hydrogen (secondary N) is 2. The molecule has 0 aliphatic heterocycles. The van der Waals surface area contributed by atoms with Gasteiger partial charge >= 0.3 is 0 Å². The molecular formula is C15H18ClFN4. The standard InChI is InChI=1S/C15H18ClFN4/c1-15(2,3)14-20-11(18-4)8-12(21-14)19-13-9(16)6-5-7-10(13)17/h5-8H,1-4H3,(H2,18,19,20,21). The number of hydrogen-bond donors (Lipinski definition) is 2. The third kappa shape index (κ3) is 3.61. The zero-order valence-electron chi connectivity index (χ0n) is 12.5. The second-order valence-electron chi connectivity index (χ2n) is 5.68. The monoisotopic (exact) mass is 308 g/mol. The van der Waals surface area contributed by atoms with Crippen LogP contribution in [0.3, 0.4) is 0 Å². The average Bonchev–Trinajstić information content (AvgIpc) is 2.42. The van der Waals surface area contributed by atoms with Gasteiger partial charge in [0, 0.05) is 18.5 Å². The highest BCUT2D eigenvalue weighted by atomic mass is 35.5. The van der Waals surface area contributed by atoms with Crippen molar-refractivity contribution in [2.75, 3.05) is 17.7 Å². The molecule has 2 aromatic rings. The van der Waals surface area contributed by atoms with Crippen molar-refractivity contribution in [3.05, 3.63) is 40.9 Å². The van der Waals surface area contributed by atoms with Crippen molar-refractivity contribution in [3.63, 3.8) is 0 Å². The Morgan fingerprint density at radius 3 is 2.38 bits per heavy atom. The molecule has 1 heterocycles. The Morgan fingerprint density at radius 2 is 1.81 bits per heavy atom. The first kappa shape index (κ1) is 15.5. The smallest absolute Gasteiger partial charge is 0.148 e. The summed E-state index contributed by atoms with van der Waals surface area (Å²) in [7, 11) is 1.77. The van der Waals surface area contributed by atoms with Gasteiger partial charge in [0.2, 0.25) is 0 Å². The lowest BCUT2D eigenvalue weighted by molar-refractivity contribution is 0.547. The lowest BCUT2D eigenvalue weighted by Crippen LogP contribution is -2.17. The van der Waals surface area contributed by atoms with E-state index in [1.54, 1.807) is 25.2 Å². The van der Waals surface area contributed by atoms with Gasteiger partial charge in [0.25, 0.3) is 0 Å². The van der Waals surface area contributed by atoms with E-state index in [1.165, 1.54) is 6.07 Å². The molecule has 2 N–H and O–H groups in total. The fourth-order valence-corrected chi connectivity index (χ4v) is 1.93. The SMILES string of the molecule is CNc1cc(Nc2c(F)cccc2Cl)nc(C(C)(C)C)n1. The zero-order chi connectivity index (χ0) is 15.6. The van der Waals surface area contributed by atoms with E-state index in [4.69, 9.17) is 11.6 Å². The number of anilines is 3. The molecule has 6 heteroatoms. The van der Waals surface area contributed by atoms with Crippen LogP contribution in [0.1, 0.15) is 26.6 Å². The van der Waals surface area contributed by atoms with Crippen LogP contribution in [0.5, 0.6) is 0 Å². The largest absolute Gasteiger partial charge is 0.373 e. The highest BCUT2D eigenvalue weighted by Crippen LogP contribution is 2.29. The van der Waals surface area contributed by atoms with Gasteiger partial charge < -0.3 is 10.6 Å². The summed E-state index contributed by atoms with van der Waals surface area (Å²) in [4.78, 5) is 8.86. The maximum absolute atomic E-state index is 13.8. The van der Waals surface area contributed by atoms with Gasteiger partial charge in [0.05, 0.1) is 10.7 Å². The van der Waals surface area contributed by atoms with E-state index < -0.39 is 5.82 Å². The molecule has 0 unspecified atom stereocenters. The number of para-hydroxylation sites is 1. The van der Waals surface area contributed by atoms with Crippen LogP contribution >= 0.6 is 11.6 Å². The second kappa shape index (κ2) is 5.85. The van der Waals surface area contributed by atoms with Crippen molar-refractivity contribution in [1.82, 2.24) is 9.97 Å².